The van der Waals surface area contributed by atoms with Crippen LogP contribution in [0.5, 0.6) is 0 Å². The van der Waals surface area contributed by atoms with E-state index < -0.39 is 0 Å². The van der Waals surface area contributed by atoms with Crippen molar-refractivity contribution in [1.29, 1.82) is 0 Å². The van der Waals surface area contributed by atoms with Gasteiger partial charge >= 0.3 is 0 Å². The van der Waals surface area contributed by atoms with Gasteiger partial charge in [0.25, 0.3) is 5.91 Å². The number of aryl methyl sites for hydroxylation is 1. The zero-order valence-electron chi connectivity index (χ0n) is 11.6. The fraction of sp³-hybridized carbons (Fsp3) is 0.643. The molecule has 1 aromatic heterocycles. The molecule has 2 saturated heterocycles. The minimum absolute atomic E-state index is 0.000387. The van der Waals surface area contributed by atoms with E-state index in [9.17, 15) is 9.59 Å². The Balaban J connectivity index is 1.66. The van der Waals surface area contributed by atoms with Gasteiger partial charge in [0.05, 0.1) is 10.4 Å². The van der Waals surface area contributed by atoms with Crippen LogP contribution in [0.15, 0.2) is 5.38 Å². The Morgan fingerprint density at radius 3 is 2.75 bits per heavy atom. The lowest BCUT2D eigenvalue weighted by atomic mass is 9.72. The Kier molecular flexibility index (Phi) is 3.50. The maximum Gasteiger partial charge on any atom is 0.273 e. The molecule has 2 amide bonds. The third-order valence-corrected chi connectivity index (χ3v) is 5.22. The lowest BCUT2D eigenvalue weighted by molar-refractivity contribution is -0.136. The molecule has 1 spiro atoms. The first-order valence-corrected chi connectivity index (χ1v) is 7.98. The van der Waals surface area contributed by atoms with Crippen molar-refractivity contribution in [2.24, 2.45) is 5.41 Å². The van der Waals surface area contributed by atoms with Gasteiger partial charge in [-0.2, -0.15) is 0 Å². The number of carbonyl (C=O) groups is 2. The van der Waals surface area contributed by atoms with E-state index in [1.165, 1.54) is 11.3 Å². The summed E-state index contributed by atoms with van der Waals surface area (Å²) in [4.78, 5) is 30.5. The Morgan fingerprint density at radius 2 is 2.15 bits per heavy atom. The van der Waals surface area contributed by atoms with Gasteiger partial charge in [-0.3, -0.25) is 9.59 Å². The van der Waals surface area contributed by atoms with Gasteiger partial charge in [-0.05, 0) is 32.6 Å². The molecule has 0 atom stereocenters. The molecule has 0 unspecified atom stereocenters. The van der Waals surface area contributed by atoms with Crippen LogP contribution in [-0.4, -0.2) is 41.3 Å². The highest BCUT2D eigenvalue weighted by atomic mass is 32.1. The summed E-state index contributed by atoms with van der Waals surface area (Å²) in [5.74, 6) is 0.181. The van der Waals surface area contributed by atoms with Crippen LogP contribution in [-0.2, 0) is 4.79 Å². The molecule has 2 aliphatic heterocycles. The van der Waals surface area contributed by atoms with E-state index in [-0.39, 0.29) is 17.2 Å². The van der Waals surface area contributed by atoms with Crippen molar-refractivity contribution in [3.8, 4) is 0 Å². The first-order valence-electron chi connectivity index (χ1n) is 7.10. The predicted octanol–water partition coefficient (Wildman–Crippen LogP) is 1.58. The number of carbonyl (C=O) groups excluding carboxylic acids is 2. The van der Waals surface area contributed by atoms with E-state index in [2.05, 4.69) is 10.3 Å². The summed E-state index contributed by atoms with van der Waals surface area (Å²) in [6, 6.07) is 0. The van der Waals surface area contributed by atoms with E-state index in [4.69, 9.17) is 0 Å². The van der Waals surface area contributed by atoms with E-state index >= 15 is 0 Å². The highest BCUT2D eigenvalue weighted by Gasteiger charge is 2.43. The first kappa shape index (κ1) is 13.5. The van der Waals surface area contributed by atoms with Crippen molar-refractivity contribution >= 4 is 23.2 Å². The van der Waals surface area contributed by atoms with Crippen LogP contribution in [0.3, 0.4) is 0 Å². The average Bonchev–Trinajstić information content (AvgIpc) is 2.89. The number of hydrogen-bond acceptors (Lipinski definition) is 4. The molecule has 5 nitrogen and oxygen atoms in total. The third-order valence-electron chi connectivity index (χ3n) is 4.45. The van der Waals surface area contributed by atoms with Crippen molar-refractivity contribution in [1.82, 2.24) is 15.2 Å². The van der Waals surface area contributed by atoms with E-state index in [1.54, 1.807) is 0 Å². The van der Waals surface area contributed by atoms with Crippen LogP contribution in [0.2, 0.25) is 0 Å². The second kappa shape index (κ2) is 5.16. The van der Waals surface area contributed by atoms with E-state index in [1.807, 2.05) is 17.2 Å². The number of nitrogens with one attached hydrogen (secondary N) is 1. The maximum atomic E-state index is 12.3. The van der Waals surface area contributed by atoms with Crippen LogP contribution in [0.1, 0.15) is 41.2 Å². The lowest BCUT2D eigenvalue weighted by Crippen LogP contribution is -2.52. The quantitative estimate of drug-likeness (QED) is 0.855. The molecule has 20 heavy (non-hydrogen) atoms. The summed E-state index contributed by atoms with van der Waals surface area (Å²) in [5, 5.41) is 5.69. The molecule has 1 N–H and O–H groups in total. The second-order valence-corrected chi connectivity index (χ2v) is 6.75. The summed E-state index contributed by atoms with van der Waals surface area (Å²) in [6.45, 7) is 4.01. The van der Waals surface area contributed by atoms with Crippen LogP contribution in [0, 0.1) is 12.3 Å². The minimum Gasteiger partial charge on any atom is -0.356 e. The van der Waals surface area contributed by atoms with Crippen LogP contribution < -0.4 is 5.32 Å². The van der Waals surface area contributed by atoms with Crippen molar-refractivity contribution in [3.05, 3.63) is 16.1 Å². The second-order valence-electron chi connectivity index (χ2n) is 5.68. The van der Waals surface area contributed by atoms with Gasteiger partial charge in [0.2, 0.25) is 5.91 Å². The molecule has 3 heterocycles. The van der Waals surface area contributed by atoms with Gasteiger partial charge in [-0.15, -0.1) is 11.3 Å². The fourth-order valence-corrected chi connectivity index (χ4v) is 3.76. The molecule has 0 aliphatic carbocycles. The highest BCUT2D eigenvalue weighted by Crippen LogP contribution is 2.38. The Labute approximate surface area is 122 Å². The van der Waals surface area contributed by atoms with Crippen molar-refractivity contribution in [2.45, 2.75) is 32.6 Å². The Bertz CT molecular complexity index is 532. The smallest absolute Gasteiger partial charge is 0.273 e. The summed E-state index contributed by atoms with van der Waals surface area (Å²) >= 11 is 1.50. The van der Waals surface area contributed by atoms with Gasteiger partial charge in [-0.1, -0.05) is 0 Å². The van der Waals surface area contributed by atoms with Crippen molar-refractivity contribution in [2.75, 3.05) is 19.6 Å². The normalized spacial score (nSPS) is 21.9. The van der Waals surface area contributed by atoms with Gasteiger partial charge in [0.15, 0.2) is 0 Å². The number of likely N-dealkylation sites (tertiary alicyclic amines) is 1. The summed E-state index contributed by atoms with van der Waals surface area (Å²) < 4.78 is 0. The molecule has 0 radical (unpaired) electrons. The van der Waals surface area contributed by atoms with Gasteiger partial charge in [-0.25, -0.2) is 4.98 Å². The molecule has 0 saturated carbocycles. The summed E-state index contributed by atoms with van der Waals surface area (Å²) in [5.41, 5.74) is 0.309. The largest absolute Gasteiger partial charge is 0.356 e. The van der Waals surface area contributed by atoms with Crippen LogP contribution in [0.25, 0.3) is 0 Å². The zero-order chi connectivity index (χ0) is 14.2. The summed E-state index contributed by atoms with van der Waals surface area (Å²) in [7, 11) is 0. The number of hydrogen-bond donors (Lipinski definition) is 1. The molecule has 3 rings (SSSR count). The molecule has 1 aromatic rings. The fourth-order valence-electron chi connectivity index (χ4n) is 3.17. The average molecular weight is 293 g/mol. The maximum absolute atomic E-state index is 12.3. The zero-order valence-corrected chi connectivity index (χ0v) is 12.5. The van der Waals surface area contributed by atoms with Crippen LogP contribution >= 0.6 is 11.3 Å². The number of thiazole rings is 1. The molecule has 0 bridgehead atoms. The number of piperidine rings is 2. The molecular weight excluding hydrogens is 274 g/mol. The highest BCUT2D eigenvalue weighted by molar-refractivity contribution is 7.09. The first-order chi connectivity index (χ1) is 9.61. The van der Waals surface area contributed by atoms with Crippen molar-refractivity contribution in [3.63, 3.8) is 0 Å². The number of rotatable bonds is 1. The topological polar surface area (TPSA) is 62.3 Å². The molecule has 0 aromatic carbocycles. The Morgan fingerprint density at radius 1 is 1.40 bits per heavy atom. The summed E-state index contributed by atoms with van der Waals surface area (Å²) in [6.07, 6.45) is 3.54. The van der Waals surface area contributed by atoms with Crippen molar-refractivity contribution < 1.29 is 9.59 Å². The third kappa shape index (κ3) is 2.32. The van der Waals surface area contributed by atoms with E-state index in [0.717, 1.165) is 37.2 Å². The Hall–Kier alpha value is -1.43. The standard InChI is InChI=1S/C14H19N3O2S/c1-10-16-11(9-20-10)12(18)17-7-4-14(5-8-17)3-2-6-15-13(14)19/h9H,2-8H2,1H3,(H,15,19). The minimum atomic E-state index is -0.229. The molecule has 2 aliphatic rings. The monoisotopic (exact) mass is 293 g/mol. The van der Waals surface area contributed by atoms with Gasteiger partial charge in [0, 0.05) is 25.0 Å². The van der Waals surface area contributed by atoms with Crippen LogP contribution in [0.4, 0.5) is 0 Å². The van der Waals surface area contributed by atoms with Gasteiger partial charge in [0.1, 0.15) is 5.69 Å². The number of aromatic nitrogens is 1. The predicted molar refractivity (Wildman–Crippen MR) is 76.7 cm³/mol. The molecule has 6 heteroatoms. The molecule has 108 valence electrons. The molecular formula is C14H19N3O2S. The SMILES string of the molecule is Cc1nc(C(=O)N2CCC3(CCCNC3=O)CC2)cs1. The molecule has 2 fully saturated rings. The lowest BCUT2D eigenvalue weighted by Gasteiger charge is -2.42. The number of nitrogens with zero attached hydrogens (tertiary/aromatic N) is 2. The van der Waals surface area contributed by atoms with E-state index in [0.29, 0.717) is 18.8 Å². The number of amides is 2. The van der Waals surface area contributed by atoms with Gasteiger partial charge < -0.3 is 10.2 Å².